The maximum Gasteiger partial charge on any atom is 0.273 e. The fourth-order valence-corrected chi connectivity index (χ4v) is 5.88. The number of nitrogens with zero attached hydrogens (tertiary/aromatic N) is 4. The lowest BCUT2D eigenvalue weighted by molar-refractivity contribution is 0.0692. The fraction of sp³-hybridized carbons (Fsp3) is 0.250. The number of halogens is 1. The average Bonchev–Trinajstić information content (AvgIpc) is 3.41. The predicted octanol–water partition coefficient (Wildman–Crippen LogP) is 2.05. The molecule has 0 atom stereocenters. The van der Waals surface area contributed by atoms with Crippen molar-refractivity contribution in [2.45, 2.75) is 4.90 Å². The average molecular weight is 494 g/mol. The molecule has 1 aromatic carbocycles. The zero-order valence-corrected chi connectivity index (χ0v) is 19.5. The second-order valence-corrected chi connectivity index (χ2v) is 10.5. The molecule has 1 aliphatic heterocycles. The molecule has 2 aromatic heterocycles. The minimum Gasteiger partial charge on any atom is -0.364 e. The van der Waals surface area contributed by atoms with Crippen LogP contribution in [0.4, 0.5) is 0 Å². The van der Waals surface area contributed by atoms with Crippen LogP contribution in [-0.4, -0.2) is 65.2 Å². The molecule has 168 valence electrons. The largest absolute Gasteiger partial charge is 0.364 e. The maximum absolute atomic E-state index is 12.9. The number of carbonyl (C=O) groups excluding carboxylic acids is 2. The van der Waals surface area contributed by atoms with Gasteiger partial charge in [0.05, 0.1) is 0 Å². The molecule has 12 heteroatoms. The van der Waals surface area contributed by atoms with Crippen LogP contribution >= 0.6 is 22.9 Å². The van der Waals surface area contributed by atoms with E-state index in [0.717, 1.165) is 5.56 Å². The lowest BCUT2D eigenvalue weighted by Crippen LogP contribution is -2.50. The molecule has 3 aromatic rings. The van der Waals surface area contributed by atoms with Crippen molar-refractivity contribution < 1.29 is 18.0 Å². The molecular weight excluding hydrogens is 474 g/mol. The van der Waals surface area contributed by atoms with E-state index in [4.69, 9.17) is 17.3 Å². The van der Waals surface area contributed by atoms with Crippen LogP contribution < -0.4 is 5.73 Å². The zero-order chi connectivity index (χ0) is 23.0. The number of benzene rings is 1. The molecule has 4 rings (SSSR count). The molecule has 1 saturated heterocycles. The standard InChI is InChI=1S/C20H20ClN5O4S2/c1-24-11-15(10-17(24)18(22)27)32(29,30)26-8-6-25(7-9-26)20(28)16-12-31-19(23-16)13-2-4-14(21)5-3-13/h2-5,10-12H,6-9H2,1H3,(H2,22,27). The summed E-state index contributed by atoms with van der Waals surface area (Å²) >= 11 is 7.28. The van der Waals surface area contributed by atoms with Gasteiger partial charge >= 0.3 is 0 Å². The summed E-state index contributed by atoms with van der Waals surface area (Å²) in [5, 5.41) is 3.03. The van der Waals surface area contributed by atoms with E-state index in [1.807, 2.05) is 12.1 Å². The van der Waals surface area contributed by atoms with Gasteiger partial charge in [0, 0.05) is 55.4 Å². The first-order valence-electron chi connectivity index (χ1n) is 9.64. The smallest absolute Gasteiger partial charge is 0.273 e. The number of aromatic nitrogens is 2. The summed E-state index contributed by atoms with van der Waals surface area (Å²) in [6.07, 6.45) is 1.36. The van der Waals surface area contributed by atoms with E-state index in [0.29, 0.717) is 15.7 Å². The van der Waals surface area contributed by atoms with Crippen LogP contribution in [0.5, 0.6) is 0 Å². The second-order valence-electron chi connectivity index (χ2n) is 7.28. The quantitative estimate of drug-likeness (QED) is 0.583. The van der Waals surface area contributed by atoms with Gasteiger partial charge in [-0.3, -0.25) is 9.59 Å². The van der Waals surface area contributed by atoms with Crippen molar-refractivity contribution in [1.82, 2.24) is 18.8 Å². The van der Waals surface area contributed by atoms with Crippen molar-refractivity contribution in [2.75, 3.05) is 26.2 Å². The Kier molecular flexibility index (Phi) is 6.08. The van der Waals surface area contributed by atoms with Crippen molar-refractivity contribution in [3.05, 3.63) is 58.3 Å². The van der Waals surface area contributed by atoms with Crippen LogP contribution in [0.1, 0.15) is 21.0 Å². The van der Waals surface area contributed by atoms with Crippen molar-refractivity contribution in [3.8, 4) is 10.6 Å². The maximum atomic E-state index is 12.9. The van der Waals surface area contributed by atoms with Crippen LogP contribution in [0.3, 0.4) is 0 Å². The summed E-state index contributed by atoms with van der Waals surface area (Å²) in [7, 11) is -2.25. The molecule has 0 radical (unpaired) electrons. The number of aryl methyl sites for hydroxylation is 1. The molecule has 9 nitrogen and oxygen atoms in total. The molecular formula is C20H20ClN5O4S2. The van der Waals surface area contributed by atoms with Gasteiger partial charge in [0.15, 0.2) is 0 Å². The third-order valence-corrected chi connectivity index (χ3v) is 8.22. The molecule has 0 unspecified atom stereocenters. The number of nitrogens with two attached hydrogens (primary N) is 1. The third kappa shape index (κ3) is 4.29. The summed E-state index contributed by atoms with van der Waals surface area (Å²) in [5.41, 5.74) is 6.58. The lowest BCUT2D eigenvalue weighted by atomic mass is 10.2. The highest BCUT2D eigenvalue weighted by Gasteiger charge is 2.32. The van der Waals surface area contributed by atoms with E-state index >= 15 is 0 Å². The number of rotatable bonds is 5. The van der Waals surface area contributed by atoms with Gasteiger partial charge in [-0.25, -0.2) is 13.4 Å². The minimum absolute atomic E-state index is 0.000633. The molecule has 2 amide bonds. The number of carbonyl (C=O) groups is 2. The van der Waals surface area contributed by atoms with Crippen LogP contribution in [0, 0.1) is 0 Å². The van der Waals surface area contributed by atoms with Crippen molar-refractivity contribution >= 4 is 44.8 Å². The Morgan fingerprint density at radius 3 is 2.38 bits per heavy atom. The molecule has 32 heavy (non-hydrogen) atoms. The number of thiazole rings is 1. The van der Waals surface area contributed by atoms with Gasteiger partial charge in [-0.2, -0.15) is 4.31 Å². The van der Waals surface area contributed by atoms with Crippen LogP contribution in [0.25, 0.3) is 10.6 Å². The molecule has 0 saturated carbocycles. The van der Waals surface area contributed by atoms with Gasteiger partial charge in [0.1, 0.15) is 21.3 Å². The van der Waals surface area contributed by atoms with Crippen molar-refractivity contribution in [1.29, 1.82) is 0 Å². The number of primary amides is 1. The fourth-order valence-electron chi connectivity index (χ4n) is 3.46. The monoisotopic (exact) mass is 493 g/mol. The summed E-state index contributed by atoms with van der Waals surface area (Å²) < 4.78 is 28.6. The first kappa shape index (κ1) is 22.5. The first-order valence-corrected chi connectivity index (χ1v) is 12.3. The highest BCUT2D eigenvalue weighted by Crippen LogP contribution is 2.26. The van der Waals surface area contributed by atoms with E-state index in [1.54, 1.807) is 29.5 Å². The number of hydrogen-bond acceptors (Lipinski definition) is 6. The Morgan fingerprint density at radius 1 is 1.12 bits per heavy atom. The van der Waals surface area contributed by atoms with Crippen LogP contribution in [-0.2, 0) is 17.1 Å². The van der Waals surface area contributed by atoms with Gasteiger partial charge in [-0.15, -0.1) is 11.3 Å². The topological polar surface area (TPSA) is 119 Å². The summed E-state index contributed by atoms with van der Waals surface area (Å²) in [6.45, 7) is 0.759. The Morgan fingerprint density at radius 2 is 1.78 bits per heavy atom. The minimum atomic E-state index is -3.80. The molecule has 0 bridgehead atoms. The molecule has 0 spiro atoms. The number of amides is 2. The van der Waals surface area contributed by atoms with E-state index in [9.17, 15) is 18.0 Å². The van der Waals surface area contributed by atoms with Gasteiger partial charge in [-0.1, -0.05) is 23.7 Å². The Balaban J connectivity index is 1.43. The molecule has 1 fully saturated rings. The number of sulfonamides is 1. The van der Waals surface area contributed by atoms with Crippen molar-refractivity contribution in [2.24, 2.45) is 12.8 Å². The predicted molar refractivity (Wildman–Crippen MR) is 121 cm³/mol. The van der Waals surface area contributed by atoms with E-state index in [-0.39, 0.29) is 42.7 Å². The Hall–Kier alpha value is -2.73. The highest BCUT2D eigenvalue weighted by atomic mass is 35.5. The SMILES string of the molecule is Cn1cc(S(=O)(=O)N2CCN(C(=O)c3csc(-c4ccc(Cl)cc4)n3)CC2)cc1C(N)=O. The normalized spacial score (nSPS) is 15.1. The second kappa shape index (κ2) is 8.66. The summed E-state index contributed by atoms with van der Waals surface area (Å²) in [6, 6.07) is 8.47. The number of piperazine rings is 1. The van der Waals surface area contributed by atoms with Gasteiger partial charge in [0.2, 0.25) is 10.0 Å². The van der Waals surface area contributed by atoms with Crippen LogP contribution in [0.15, 0.2) is 46.8 Å². The molecule has 1 aliphatic rings. The molecule has 2 N–H and O–H groups in total. The van der Waals surface area contributed by atoms with Gasteiger partial charge in [-0.05, 0) is 18.2 Å². The molecule has 0 aliphatic carbocycles. The van der Waals surface area contributed by atoms with E-state index in [2.05, 4.69) is 4.98 Å². The number of hydrogen-bond donors (Lipinski definition) is 1. The van der Waals surface area contributed by atoms with Gasteiger partial charge < -0.3 is 15.2 Å². The first-order chi connectivity index (χ1) is 15.2. The Bertz CT molecular complexity index is 1280. The van der Waals surface area contributed by atoms with E-state index < -0.39 is 15.9 Å². The van der Waals surface area contributed by atoms with Gasteiger partial charge in [0.25, 0.3) is 11.8 Å². The third-order valence-electron chi connectivity index (χ3n) is 5.21. The highest BCUT2D eigenvalue weighted by molar-refractivity contribution is 7.89. The summed E-state index contributed by atoms with van der Waals surface area (Å²) in [4.78, 5) is 30.3. The van der Waals surface area contributed by atoms with Crippen molar-refractivity contribution in [3.63, 3.8) is 0 Å². The molecule has 3 heterocycles. The van der Waals surface area contributed by atoms with E-state index in [1.165, 1.54) is 32.5 Å². The Labute approximate surface area is 194 Å². The van der Waals surface area contributed by atoms with Crippen LogP contribution in [0.2, 0.25) is 5.02 Å². The zero-order valence-electron chi connectivity index (χ0n) is 17.1. The summed E-state index contributed by atoms with van der Waals surface area (Å²) in [5.74, 6) is -0.945. The lowest BCUT2D eigenvalue weighted by Gasteiger charge is -2.33.